The Balaban J connectivity index is 2.27. The topological polar surface area (TPSA) is 80.9 Å². The first-order valence-corrected chi connectivity index (χ1v) is 4.27. The molecule has 7 nitrogen and oxygen atoms in total. The van der Waals surface area contributed by atoms with Crippen LogP contribution in [0.4, 0.5) is 0 Å². The SMILES string of the molecule is O=c1[nH]nc2cc(-n3cccn3)ncn12. The average molecular weight is 202 g/mol. The van der Waals surface area contributed by atoms with Gasteiger partial charge in [-0.05, 0) is 6.07 Å². The van der Waals surface area contributed by atoms with Crippen LogP contribution in [0.1, 0.15) is 0 Å². The number of hydrogen-bond acceptors (Lipinski definition) is 4. The molecule has 0 spiro atoms. The molecule has 3 heterocycles. The van der Waals surface area contributed by atoms with Crippen LogP contribution in [-0.4, -0.2) is 29.4 Å². The number of nitrogens with one attached hydrogen (secondary N) is 1. The van der Waals surface area contributed by atoms with Crippen molar-refractivity contribution in [3.8, 4) is 5.82 Å². The van der Waals surface area contributed by atoms with E-state index < -0.39 is 0 Å². The van der Waals surface area contributed by atoms with Crippen LogP contribution in [0, 0.1) is 0 Å². The summed E-state index contributed by atoms with van der Waals surface area (Å²) in [6.07, 6.45) is 4.84. The van der Waals surface area contributed by atoms with Crippen molar-refractivity contribution in [1.29, 1.82) is 0 Å². The Morgan fingerprint density at radius 1 is 1.40 bits per heavy atom. The number of aromatic nitrogens is 6. The van der Waals surface area contributed by atoms with Gasteiger partial charge in [-0.25, -0.2) is 24.0 Å². The van der Waals surface area contributed by atoms with Gasteiger partial charge in [0.1, 0.15) is 6.33 Å². The van der Waals surface area contributed by atoms with Gasteiger partial charge in [0.2, 0.25) is 0 Å². The van der Waals surface area contributed by atoms with Crippen molar-refractivity contribution in [2.75, 3.05) is 0 Å². The molecule has 3 aromatic heterocycles. The summed E-state index contributed by atoms with van der Waals surface area (Å²) in [4.78, 5) is 15.2. The number of fused-ring (bicyclic) bond motifs is 1. The van der Waals surface area contributed by atoms with Gasteiger partial charge in [-0.2, -0.15) is 10.2 Å². The van der Waals surface area contributed by atoms with Crippen LogP contribution < -0.4 is 5.69 Å². The molecule has 0 amide bonds. The molecular formula is C8H6N6O. The Labute approximate surface area is 83.0 Å². The van der Waals surface area contributed by atoms with Crippen molar-refractivity contribution < 1.29 is 0 Å². The molecule has 0 saturated carbocycles. The third kappa shape index (κ3) is 1.13. The van der Waals surface area contributed by atoms with Crippen molar-refractivity contribution in [2.45, 2.75) is 0 Å². The van der Waals surface area contributed by atoms with Crippen LogP contribution >= 0.6 is 0 Å². The second kappa shape index (κ2) is 2.77. The van der Waals surface area contributed by atoms with Crippen LogP contribution in [0.15, 0.2) is 35.6 Å². The summed E-state index contributed by atoms with van der Waals surface area (Å²) in [5, 5.41) is 10.2. The summed E-state index contributed by atoms with van der Waals surface area (Å²) >= 11 is 0. The van der Waals surface area contributed by atoms with Crippen LogP contribution in [0.3, 0.4) is 0 Å². The minimum Gasteiger partial charge on any atom is -0.246 e. The lowest BCUT2D eigenvalue weighted by Gasteiger charge is -1.98. The van der Waals surface area contributed by atoms with Gasteiger partial charge in [-0.15, -0.1) is 0 Å². The molecule has 0 aromatic carbocycles. The fourth-order valence-corrected chi connectivity index (χ4v) is 1.33. The molecule has 15 heavy (non-hydrogen) atoms. The molecule has 7 heteroatoms. The van der Waals surface area contributed by atoms with E-state index in [1.54, 1.807) is 29.2 Å². The van der Waals surface area contributed by atoms with Crippen molar-refractivity contribution in [1.82, 2.24) is 29.4 Å². The van der Waals surface area contributed by atoms with Gasteiger partial charge in [0.15, 0.2) is 11.5 Å². The van der Waals surface area contributed by atoms with Gasteiger partial charge < -0.3 is 0 Å². The van der Waals surface area contributed by atoms with Gasteiger partial charge in [0.05, 0.1) is 0 Å². The zero-order valence-electron chi connectivity index (χ0n) is 7.53. The van der Waals surface area contributed by atoms with E-state index in [1.165, 1.54) is 10.7 Å². The molecule has 0 aliphatic rings. The Hall–Kier alpha value is -2.44. The molecule has 1 N–H and O–H groups in total. The number of hydrogen-bond donors (Lipinski definition) is 1. The smallest absolute Gasteiger partial charge is 0.246 e. The van der Waals surface area contributed by atoms with Gasteiger partial charge in [0.25, 0.3) is 0 Å². The lowest BCUT2D eigenvalue weighted by Crippen LogP contribution is -2.10. The first-order valence-electron chi connectivity index (χ1n) is 4.27. The zero-order valence-corrected chi connectivity index (χ0v) is 7.53. The Morgan fingerprint density at radius 3 is 3.13 bits per heavy atom. The minimum absolute atomic E-state index is 0.301. The first-order chi connectivity index (χ1) is 7.34. The predicted molar refractivity (Wildman–Crippen MR) is 50.7 cm³/mol. The molecular weight excluding hydrogens is 196 g/mol. The van der Waals surface area contributed by atoms with Crippen LogP contribution in [0.25, 0.3) is 11.5 Å². The highest BCUT2D eigenvalue weighted by molar-refractivity contribution is 5.41. The molecule has 3 aromatic rings. The second-order valence-electron chi connectivity index (χ2n) is 2.95. The average Bonchev–Trinajstić information content (AvgIpc) is 2.88. The second-order valence-corrected chi connectivity index (χ2v) is 2.95. The quantitative estimate of drug-likeness (QED) is 0.582. The summed E-state index contributed by atoms with van der Waals surface area (Å²) in [6, 6.07) is 3.47. The van der Waals surface area contributed by atoms with E-state index in [9.17, 15) is 4.79 Å². The fraction of sp³-hybridized carbons (Fsp3) is 0. The molecule has 3 rings (SSSR count). The summed E-state index contributed by atoms with van der Waals surface area (Å²) in [6.45, 7) is 0. The van der Waals surface area contributed by atoms with E-state index in [4.69, 9.17) is 0 Å². The lowest BCUT2D eigenvalue weighted by atomic mass is 10.5. The molecule has 0 unspecified atom stereocenters. The van der Waals surface area contributed by atoms with Crippen LogP contribution in [0.2, 0.25) is 0 Å². The number of nitrogens with zero attached hydrogens (tertiary/aromatic N) is 5. The minimum atomic E-state index is -0.301. The standard InChI is InChI=1S/C8H6N6O/c15-8-12-11-7-4-6(9-5-13(7)8)14-3-1-2-10-14/h1-5H,(H,12,15). The Kier molecular flexibility index (Phi) is 1.46. The predicted octanol–water partition coefficient (Wildman–Crippen LogP) is -0.397. The van der Waals surface area contributed by atoms with Gasteiger partial charge >= 0.3 is 5.69 Å². The highest BCUT2D eigenvalue weighted by Gasteiger charge is 2.03. The van der Waals surface area contributed by atoms with Crippen molar-refractivity contribution >= 4 is 5.65 Å². The van der Waals surface area contributed by atoms with Crippen LogP contribution in [0.5, 0.6) is 0 Å². The maximum Gasteiger partial charge on any atom is 0.348 e. The maximum atomic E-state index is 11.2. The van der Waals surface area contributed by atoms with E-state index in [0.29, 0.717) is 11.5 Å². The van der Waals surface area contributed by atoms with E-state index >= 15 is 0 Å². The number of rotatable bonds is 1. The van der Waals surface area contributed by atoms with Gasteiger partial charge in [-0.3, -0.25) is 0 Å². The van der Waals surface area contributed by atoms with Gasteiger partial charge in [-0.1, -0.05) is 0 Å². The van der Waals surface area contributed by atoms with Crippen molar-refractivity contribution in [3.05, 3.63) is 41.3 Å². The summed E-state index contributed by atoms with van der Waals surface area (Å²) in [5.41, 5.74) is 0.213. The van der Waals surface area contributed by atoms with Crippen molar-refractivity contribution in [2.24, 2.45) is 0 Å². The van der Waals surface area contributed by atoms with E-state index in [-0.39, 0.29) is 5.69 Å². The molecule has 0 aliphatic heterocycles. The molecule has 0 radical (unpaired) electrons. The zero-order chi connectivity index (χ0) is 10.3. The molecule has 0 aliphatic carbocycles. The third-order valence-corrected chi connectivity index (χ3v) is 2.03. The third-order valence-electron chi connectivity index (χ3n) is 2.03. The fourth-order valence-electron chi connectivity index (χ4n) is 1.33. The Morgan fingerprint density at radius 2 is 2.33 bits per heavy atom. The van der Waals surface area contributed by atoms with Crippen molar-refractivity contribution in [3.63, 3.8) is 0 Å². The number of aromatic amines is 1. The first kappa shape index (κ1) is 7.92. The molecule has 0 saturated heterocycles. The lowest BCUT2D eigenvalue weighted by molar-refractivity contribution is 0.834. The molecule has 74 valence electrons. The highest BCUT2D eigenvalue weighted by Crippen LogP contribution is 2.03. The summed E-state index contributed by atoms with van der Waals surface area (Å²) < 4.78 is 2.92. The van der Waals surface area contributed by atoms with Gasteiger partial charge in [0, 0.05) is 18.5 Å². The normalized spacial score (nSPS) is 10.9. The monoisotopic (exact) mass is 202 g/mol. The molecule has 0 atom stereocenters. The Bertz CT molecular complexity index is 649. The molecule has 0 bridgehead atoms. The molecule has 0 fully saturated rings. The van der Waals surface area contributed by atoms with E-state index in [0.717, 1.165) is 0 Å². The highest BCUT2D eigenvalue weighted by atomic mass is 16.1. The van der Waals surface area contributed by atoms with Crippen LogP contribution in [-0.2, 0) is 0 Å². The largest absolute Gasteiger partial charge is 0.348 e. The van der Waals surface area contributed by atoms with E-state index in [1.807, 2.05) is 0 Å². The summed E-state index contributed by atoms with van der Waals surface area (Å²) in [5.74, 6) is 0.617. The number of H-pyrrole nitrogens is 1. The summed E-state index contributed by atoms with van der Waals surface area (Å²) in [7, 11) is 0. The maximum absolute atomic E-state index is 11.2. The van der Waals surface area contributed by atoms with E-state index in [2.05, 4.69) is 20.3 Å².